The summed E-state index contributed by atoms with van der Waals surface area (Å²) in [4.78, 5) is 25.5. The molecule has 1 fully saturated rings. The Morgan fingerprint density at radius 3 is 2.26 bits per heavy atom. The lowest BCUT2D eigenvalue weighted by Gasteiger charge is -2.19. The lowest BCUT2D eigenvalue weighted by molar-refractivity contribution is -0.119. The molecule has 0 radical (unpaired) electrons. The van der Waals surface area contributed by atoms with Gasteiger partial charge in [0.25, 0.3) is 0 Å². The van der Waals surface area contributed by atoms with E-state index >= 15 is 0 Å². The van der Waals surface area contributed by atoms with Crippen molar-refractivity contribution in [2.24, 2.45) is 0 Å². The zero-order valence-electron chi connectivity index (χ0n) is 21.2. The fourth-order valence-corrected chi connectivity index (χ4v) is 5.47. The van der Waals surface area contributed by atoms with E-state index in [1.54, 1.807) is 27.4 Å². The molecule has 35 heavy (non-hydrogen) atoms. The van der Waals surface area contributed by atoms with Gasteiger partial charge in [-0.25, -0.2) is 0 Å². The highest BCUT2D eigenvalue weighted by atomic mass is 16.5. The van der Waals surface area contributed by atoms with Crippen LogP contribution in [0.5, 0.6) is 17.2 Å². The molecule has 7 nitrogen and oxygen atoms in total. The predicted octanol–water partition coefficient (Wildman–Crippen LogP) is 5.00. The summed E-state index contributed by atoms with van der Waals surface area (Å²) in [6, 6.07) is 7.49. The number of aryl methyl sites for hydroxylation is 1. The van der Waals surface area contributed by atoms with Crippen molar-refractivity contribution in [2.45, 2.75) is 70.4 Å². The topological polar surface area (TPSA) is 85.9 Å². The maximum Gasteiger partial charge on any atom is 0.217 e. The summed E-state index contributed by atoms with van der Waals surface area (Å²) in [6.45, 7) is 1.50. The molecule has 1 atom stereocenters. The number of rotatable bonds is 6. The molecule has 2 N–H and O–H groups in total. The largest absolute Gasteiger partial charge is 0.493 e. The Labute approximate surface area is 207 Å². The van der Waals surface area contributed by atoms with Gasteiger partial charge in [0.15, 0.2) is 11.5 Å². The highest BCUT2D eigenvalue weighted by Gasteiger charge is 2.29. The van der Waals surface area contributed by atoms with Crippen molar-refractivity contribution in [2.75, 3.05) is 26.6 Å². The van der Waals surface area contributed by atoms with Crippen molar-refractivity contribution in [1.29, 1.82) is 0 Å². The normalized spacial score (nSPS) is 17.8. The molecular weight excluding hydrogens is 444 g/mol. The van der Waals surface area contributed by atoms with Crippen molar-refractivity contribution in [3.8, 4) is 28.4 Å². The molecule has 0 spiro atoms. The molecule has 0 aromatic heterocycles. The van der Waals surface area contributed by atoms with Gasteiger partial charge >= 0.3 is 0 Å². The van der Waals surface area contributed by atoms with Crippen LogP contribution in [0.2, 0.25) is 0 Å². The fraction of sp³-hybridized carbons (Fsp3) is 0.500. The number of carbonyl (C=O) groups is 1. The van der Waals surface area contributed by atoms with Gasteiger partial charge in [0, 0.05) is 18.5 Å². The number of methoxy groups -OCH3 is 3. The standard InChI is InChI=1S/C28H36N2O5/c1-17(31)29-22-13-11-18-15-25(33-2)27(34-3)28(35-4)26(18)20-12-14-23(24(32)16-21(20)22)30-19-9-7-5-6-8-10-19/h12,14-16,19,22H,5-11,13H2,1-4H3,(H,29,31)(H,30,32)/t22-/m0/s1. The summed E-state index contributed by atoms with van der Waals surface area (Å²) < 4.78 is 17.1. The van der Waals surface area contributed by atoms with Gasteiger partial charge < -0.3 is 24.8 Å². The molecule has 2 aliphatic rings. The molecule has 2 aromatic carbocycles. The minimum absolute atomic E-state index is 0.0752. The maximum absolute atomic E-state index is 13.4. The van der Waals surface area contributed by atoms with Crippen LogP contribution < -0.4 is 30.3 Å². The third-order valence-electron chi connectivity index (χ3n) is 7.13. The van der Waals surface area contributed by atoms with Gasteiger partial charge in [-0.1, -0.05) is 31.7 Å². The smallest absolute Gasteiger partial charge is 0.217 e. The summed E-state index contributed by atoms with van der Waals surface area (Å²) in [5.41, 5.74) is 4.03. The molecule has 0 saturated heterocycles. The Hall–Kier alpha value is -3.22. The van der Waals surface area contributed by atoms with Gasteiger partial charge in [0.05, 0.1) is 33.1 Å². The first-order chi connectivity index (χ1) is 17.0. The zero-order chi connectivity index (χ0) is 24.9. The van der Waals surface area contributed by atoms with Gasteiger partial charge in [-0.05, 0) is 60.6 Å². The second-order valence-electron chi connectivity index (χ2n) is 9.43. The van der Waals surface area contributed by atoms with E-state index in [4.69, 9.17) is 14.2 Å². The average molecular weight is 481 g/mol. The molecule has 2 aromatic rings. The molecule has 1 saturated carbocycles. The molecule has 2 aliphatic carbocycles. The Bertz CT molecular complexity index is 1140. The summed E-state index contributed by atoms with van der Waals surface area (Å²) in [5.74, 6) is 1.51. The van der Waals surface area contributed by atoms with E-state index < -0.39 is 0 Å². The molecule has 0 heterocycles. The Morgan fingerprint density at radius 1 is 0.914 bits per heavy atom. The van der Waals surface area contributed by atoms with Crippen molar-refractivity contribution in [1.82, 2.24) is 5.32 Å². The highest BCUT2D eigenvalue weighted by molar-refractivity contribution is 5.83. The molecular formula is C28H36N2O5. The Kier molecular flexibility index (Phi) is 7.83. The van der Waals surface area contributed by atoms with Crippen LogP contribution in [0.4, 0.5) is 5.69 Å². The minimum Gasteiger partial charge on any atom is -0.493 e. The van der Waals surface area contributed by atoms with Crippen molar-refractivity contribution in [3.05, 3.63) is 45.6 Å². The van der Waals surface area contributed by atoms with E-state index in [0.717, 1.165) is 35.1 Å². The summed E-state index contributed by atoms with van der Waals surface area (Å²) in [5, 5.41) is 6.58. The minimum atomic E-state index is -0.303. The molecule has 0 bridgehead atoms. The second kappa shape index (κ2) is 11.0. The van der Waals surface area contributed by atoms with E-state index in [1.807, 2.05) is 18.2 Å². The van der Waals surface area contributed by atoms with Crippen molar-refractivity contribution in [3.63, 3.8) is 0 Å². The number of anilines is 1. The van der Waals surface area contributed by atoms with Crippen LogP contribution in [0.1, 0.15) is 69.0 Å². The van der Waals surface area contributed by atoms with Crippen LogP contribution in [0, 0.1) is 0 Å². The maximum atomic E-state index is 13.4. The van der Waals surface area contributed by atoms with Gasteiger partial charge in [-0.2, -0.15) is 0 Å². The van der Waals surface area contributed by atoms with E-state index in [1.165, 1.54) is 32.6 Å². The van der Waals surface area contributed by atoms with E-state index in [0.29, 0.717) is 41.8 Å². The van der Waals surface area contributed by atoms with E-state index in [-0.39, 0.29) is 17.4 Å². The highest BCUT2D eigenvalue weighted by Crippen LogP contribution is 2.50. The number of ether oxygens (including phenoxy) is 3. The first-order valence-corrected chi connectivity index (χ1v) is 12.5. The number of fused-ring (bicyclic) bond motifs is 3. The molecule has 0 aliphatic heterocycles. The van der Waals surface area contributed by atoms with Crippen LogP contribution in [0.15, 0.2) is 29.1 Å². The molecule has 4 rings (SSSR count). The number of carbonyl (C=O) groups excluding carboxylic acids is 1. The number of hydrogen-bond donors (Lipinski definition) is 2. The van der Waals surface area contributed by atoms with Crippen LogP contribution in [-0.4, -0.2) is 33.3 Å². The fourth-order valence-electron chi connectivity index (χ4n) is 5.47. The first-order valence-electron chi connectivity index (χ1n) is 12.5. The molecule has 0 unspecified atom stereocenters. The predicted molar refractivity (Wildman–Crippen MR) is 138 cm³/mol. The Morgan fingerprint density at radius 2 is 1.63 bits per heavy atom. The van der Waals surface area contributed by atoms with Crippen LogP contribution in [-0.2, 0) is 11.2 Å². The molecule has 1 amide bonds. The van der Waals surface area contributed by atoms with Gasteiger partial charge in [0.1, 0.15) is 0 Å². The number of benzene rings is 1. The van der Waals surface area contributed by atoms with Gasteiger partial charge in [-0.15, -0.1) is 0 Å². The third kappa shape index (κ3) is 5.24. The lowest BCUT2D eigenvalue weighted by Crippen LogP contribution is -2.27. The average Bonchev–Trinajstić information content (AvgIpc) is 3.25. The van der Waals surface area contributed by atoms with Crippen molar-refractivity contribution < 1.29 is 19.0 Å². The number of nitrogens with one attached hydrogen (secondary N) is 2. The summed E-state index contributed by atoms with van der Waals surface area (Å²) in [7, 11) is 4.79. The first kappa shape index (κ1) is 24.9. The Balaban J connectivity index is 1.91. The number of hydrogen-bond acceptors (Lipinski definition) is 6. The summed E-state index contributed by atoms with van der Waals surface area (Å²) in [6.07, 6.45) is 8.32. The summed E-state index contributed by atoms with van der Waals surface area (Å²) >= 11 is 0. The second-order valence-corrected chi connectivity index (χ2v) is 9.43. The third-order valence-corrected chi connectivity index (χ3v) is 7.13. The van der Waals surface area contributed by atoms with Crippen molar-refractivity contribution >= 4 is 11.6 Å². The quantitative estimate of drug-likeness (QED) is 0.566. The lowest BCUT2D eigenvalue weighted by atomic mass is 9.95. The van der Waals surface area contributed by atoms with E-state index in [9.17, 15) is 9.59 Å². The van der Waals surface area contributed by atoms with E-state index in [2.05, 4.69) is 10.6 Å². The van der Waals surface area contributed by atoms with Crippen LogP contribution in [0.25, 0.3) is 11.1 Å². The molecule has 7 heteroatoms. The van der Waals surface area contributed by atoms with Crippen LogP contribution >= 0.6 is 0 Å². The van der Waals surface area contributed by atoms with Gasteiger partial charge in [0.2, 0.25) is 17.1 Å². The van der Waals surface area contributed by atoms with Crippen LogP contribution in [0.3, 0.4) is 0 Å². The zero-order valence-corrected chi connectivity index (χ0v) is 21.2. The SMILES string of the molecule is COc1cc2c(c(OC)c1OC)-c1ccc(NC3CCCCCC3)c(=O)cc1[C@@H](NC(C)=O)CC2. The molecule has 188 valence electrons. The monoisotopic (exact) mass is 480 g/mol. The van der Waals surface area contributed by atoms with Gasteiger partial charge in [-0.3, -0.25) is 9.59 Å². The number of amides is 1.